The molecule has 0 bridgehead atoms. The molecule has 0 aromatic carbocycles. The van der Waals surface area contributed by atoms with Crippen molar-refractivity contribution in [1.82, 2.24) is 14.7 Å². The SMILES string of the molecule is CN(C)CCn1ncc(Br)c1C(=O)C1CCCC1CN. The number of halogens is 1. The van der Waals surface area contributed by atoms with Crippen LogP contribution in [-0.4, -0.2) is 47.6 Å². The van der Waals surface area contributed by atoms with Crippen molar-refractivity contribution in [3.05, 3.63) is 16.4 Å². The van der Waals surface area contributed by atoms with Gasteiger partial charge in [0.15, 0.2) is 5.78 Å². The maximum absolute atomic E-state index is 12.8. The third-order valence-electron chi connectivity index (χ3n) is 4.09. The van der Waals surface area contributed by atoms with Crippen molar-refractivity contribution in [2.75, 3.05) is 27.2 Å². The lowest BCUT2D eigenvalue weighted by atomic mass is 9.90. The van der Waals surface area contributed by atoms with E-state index in [4.69, 9.17) is 5.73 Å². The predicted octanol–water partition coefficient (Wildman–Crippen LogP) is 1.76. The molecule has 5 nitrogen and oxygen atoms in total. The van der Waals surface area contributed by atoms with Crippen LogP contribution in [-0.2, 0) is 6.54 Å². The van der Waals surface area contributed by atoms with Crippen LogP contribution in [0.4, 0.5) is 0 Å². The molecule has 1 saturated carbocycles. The number of carbonyl (C=O) groups is 1. The summed E-state index contributed by atoms with van der Waals surface area (Å²) in [6, 6.07) is 0. The maximum atomic E-state index is 12.8. The molecule has 0 radical (unpaired) electrons. The zero-order valence-corrected chi connectivity index (χ0v) is 13.8. The van der Waals surface area contributed by atoms with Crippen molar-refractivity contribution in [3.8, 4) is 0 Å². The molecule has 0 spiro atoms. The predicted molar refractivity (Wildman–Crippen MR) is 82.7 cm³/mol. The fourth-order valence-electron chi connectivity index (χ4n) is 2.91. The largest absolute Gasteiger partial charge is 0.330 e. The Morgan fingerprint density at radius 1 is 1.55 bits per heavy atom. The Morgan fingerprint density at radius 3 is 2.95 bits per heavy atom. The highest BCUT2D eigenvalue weighted by Gasteiger charge is 2.34. The summed E-state index contributed by atoms with van der Waals surface area (Å²) in [7, 11) is 4.03. The van der Waals surface area contributed by atoms with E-state index in [-0.39, 0.29) is 11.7 Å². The van der Waals surface area contributed by atoms with Crippen molar-refractivity contribution in [2.45, 2.75) is 25.8 Å². The molecule has 6 heteroatoms. The maximum Gasteiger partial charge on any atom is 0.185 e. The fraction of sp³-hybridized carbons (Fsp3) is 0.714. The summed E-state index contributed by atoms with van der Waals surface area (Å²) in [6.07, 6.45) is 4.83. The topological polar surface area (TPSA) is 64.2 Å². The highest BCUT2D eigenvalue weighted by molar-refractivity contribution is 9.10. The van der Waals surface area contributed by atoms with Crippen molar-refractivity contribution in [1.29, 1.82) is 0 Å². The second-order valence-electron chi connectivity index (χ2n) is 5.76. The summed E-state index contributed by atoms with van der Waals surface area (Å²) in [5.41, 5.74) is 6.50. The standard InChI is InChI=1S/C14H23BrN4O/c1-18(2)6-7-19-13(12(15)9-17-19)14(20)11-5-3-4-10(11)8-16/h9-11H,3-8,16H2,1-2H3. The minimum atomic E-state index is 0.0612. The Labute approximate surface area is 128 Å². The van der Waals surface area contributed by atoms with Crippen LogP contribution in [0.25, 0.3) is 0 Å². The summed E-state index contributed by atoms with van der Waals surface area (Å²) < 4.78 is 2.61. The first kappa shape index (κ1) is 15.7. The highest BCUT2D eigenvalue weighted by Crippen LogP contribution is 2.34. The number of Topliss-reactive ketones (excluding diaryl/α,β-unsaturated/α-hetero) is 1. The van der Waals surface area contributed by atoms with Gasteiger partial charge < -0.3 is 10.6 Å². The van der Waals surface area contributed by atoms with Gasteiger partial charge in [-0.25, -0.2) is 0 Å². The van der Waals surface area contributed by atoms with Crippen LogP contribution in [0.5, 0.6) is 0 Å². The van der Waals surface area contributed by atoms with Gasteiger partial charge in [-0.05, 0) is 55.3 Å². The number of nitrogens with two attached hydrogens (primary N) is 1. The number of ketones is 1. The first-order valence-electron chi connectivity index (χ1n) is 7.15. The Balaban J connectivity index is 2.18. The summed E-state index contributed by atoms with van der Waals surface area (Å²) in [5, 5.41) is 4.32. The molecule has 1 aliphatic carbocycles. The number of nitrogens with zero attached hydrogens (tertiary/aromatic N) is 3. The van der Waals surface area contributed by atoms with Gasteiger partial charge in [0.1, 0.15) is 5.69 Å². The van der Waals surface area contributed by atoms with Crippen LogP contribution in [0.1, 0.15) is 29.8 Å². The third-order valence-corrected chi connectivity index (χ3v) is 4.67. The normalized spacial score (nSPS) is 22.6. The number of hydrogen-bond donors (Lipinski definition) is 1. The summed E-state index contributed by atoms with van der Waals surface area (Å²) in [4.78, 5) is 14.9. The molecule has 1 aliphatic rings. The van der Waals surface area contributed by atoms with E-state index >= 15 is 0 Å². The van der Waals surface area contributed by atoms with Crippen LogP contribution in [0.3, 0.4) is 0 Å². The molecule has 0 amide bonds. The average molecular weight is 343 g/mol. The van der Waals surface area contributed by atoms with Gasteiger partial charge in [0.2, 0.25) is 0 Å². The first-order valence-corrected chi connectivity index (χ1v) is 7.94. The van der Waals surface area contributed by atoms with Crippen LogP contribution in [0, 0.1) is 11.8 Å². The zero-order chi connectivity index (χ0) is 14.7. The van der Waals surface area contributed by atoms with E-state index in [1.54, 1.807) is 6.20 Å². The molecule has 2 unspecified atom stereocenters. The number of rotatable bonds is 6. The molecular weight excluding hydrogens is 320 g/mol. The smallest absolute Gasteiger partial charge is 0.185 e. The molecule has 2 atom stereocenters. The van der Waals surface area contributed by atoms with Crippen molar-refractivity contribution < 1.29 is 4.79 Å². The Bertz CT molecular complexity index is 472. The van der Waals surface area contributed by atoms with Gasteiger partial charge in [-0.1, -0.05) is 6.42 Å². The van der Waals surface area contributed by atoms with Crippen LogP contribution in [0.15, 0.2) is 10.7 Å². The number of aromatic nitrogens is 2. The Hall–Kier alpha value is -0.720. The van der Waals surface area contributed by atoms with Crippen molar-refractivity contribution in [3.63, 3.8) is 0 Å². The number of likely N-dealkylation sites (N-methyl/N-ethyl adjacent to an activating group) is 1. The first-order chi connectivity index (χ1) is 9.54. The highest BCUT2D eigenvalue weighted by atomic mass is 79.9. The van der Waals surface area contributed by atoms with E-state index < -0.39 is 0 Å². The molecule has 0 saturated heterocycles. The van der Waals surface area contributed by atoms with Gasteiger partial charge in [-0.15, -0.1) is 0 Å². The molecule has 0 aliphatic heterocycles. The molecule has 1 aromatic rings. The lowest BCUT2D eigenvalue weighted by Gasteiger charge is -2.18. The summed E-state index contributed by atoms with van der Waals surface area (Å²) >= 11 is 3.46. The van der Waals surface area contributed by atoms with E-state index in [0.29, 0.717) is 18.2 Å². The van der Waals surface area contributed by atoms with Gasteiger partial charge in [-0.2, -0.15) is 5.10 Å². The van der Waals surface area contributed by atoms with E-state index in [2.05, 4.69) is 25.9 Å². The van der Waals surface area contributed by atoms with Gasteiger partial charge in [-0.3, -0.25) is 9.48 Å². The van der Waals surface area contributed by atoms with Gasteiger partial charge in [0.05, 0.1) is 17.2 Å². The van der Waals surface area contributed by atoms with E-state index in [1.807, 2.05) is 18.8 Å². The molecule has 112 valence electrons. The Morgan fingerprint density at radius 2 is 2.30 bits per heavy atom. The minimum absolute atomic E-state index is 0.0612. The summed E-state index contributed by atoms with van der Waals surface area (Å²) in [5.74, 6) is 0.582. The average Bonchev–Trinajstić information content (AvgIpc) is 3.01. The van der Waals surface area contributed by atoms with Crippen LogP contribution >= 0.6 is 15.9 Å². The molecule has 1 aromatic heterocycles. The Kier molecular flexibility index (Phi) is 5.35. The molecule has 2 rings (SSSR count). The lowest BCUT2D eigenvalue weighted by molar-refractivity contribution is 0.0880. The molecular formula is C14H23BrN4O. The summed E-state index contributed by atoms with van der Waals surface area (Å²) in [6.45, 7) is 2.18. The number of carbonyl (C=O) groups excluding carboxylic acids is 1. The zero-order valence-electron chi connectivity index (χ0n) is 12.2. The monoisotopic (exact) mass is 342 g/mol. The fourth-order valence-corrected chi connectivity index (χ4v) is 3.40. The third kappa shape index (κ3) is 3.30. The van der Waals surface area contributed by atoms with Crippen molar-refractivity contribution in [2.24, 2.45) is 17.6 Å². The molecule has 20 heavy (non-hydrogen) atoms. The van der Waals surface area contributed by atoms with Crippen molar-refractivity contribution >= 4 is 21.7 Å². The second-order valence-corrected chi connectivity index (χ2v) is 6.62. The molecule has 1 fully saturated rings. The lowest BCUT2D eigenvalue weighted by Crippen LogP contribution is -2.28. The van der Waals surface area contributed by atoms with E-state index in [9.17, 15) is 4.79 Å². The molecule has 2 N–H and O–H groups in total. The second kappa shape index (κ2) is 6.83. The van der Waals surface area contributed by atoms with Crippen LogP contribution in [0.2, 0.25) is 0 Å². The van der Waals surface area contributed by atoms with Crippen LogP contribution < -0.4 is 5.73 Å². The number of hydrogen-bond acceptors (Lipinski definition) is 4. The van der Waals surface area contributed by atoms with Gasteiger partial charge in [0, 0.05) is 12.5 Å². The van der Waals surface area contributed by atoms with Gasteiger partial charge in [0.25, 0.3) is 0 Å². The van der Waals surface area contributed by atoms with Gasteiger partial charge >= 0.3 is 0 Å². The minimum Gasteiger partial charge on any atom is -0.330 e. The molecule has 1 heterocycles. The quantitative estimate of drug-likeness (QED) is 0.800. The van der Waals surface area contributed by atoms with E-state index in [1.165, 1.54) is 0 Å². The van der Waals surface area contributed by atoms with E-state index in [0.717, 1.165) is 36.8 Å².